The van der Waals surface area contributed by atoms with E-state index in [-0.39, 0.29) is 5.60 Å². The first kappa shape index (κ1) is 22.0. The third-order valence-electron chi connectivity index (χ3n) is 5.21. The molecule has 0 radical (unpaired) electrons. The molecule has 0 aromatic heterocycles. The molecule has 1 saturated carbocycles. The second kappa shape index (κ2) is 8.59. The van der Waals surface area contributed by atoms with Crippen molar-refractivity contribution in [3.05, 3.63) is 9.81 Å². The van der Waals surface area contributed by atoms with E-state index in [9.17, 15) is 0 Å². The lowest BCUT2D eigenvalue weighted by Gasteiger charge is -2.54. The molecule has 1 aliphatic carbocycles. The van der Waals surface area contributed by atoms with Crippen LogP contribution in [-0.2, 0) is 4.43 Å². The molecule has 0 aromatic carbocycles. The lowest BCUT2D eigenvalue weighted by Crippen LogP contribution is -2.55. The molecule has 0 aromatic rings. The Labute approximate surface area is 179 Å². The first-order valence-electron chi connectivity index (χ1n) is 10.0. The van der Waals surface area contributed by atoms with Crippen LogP contribution in [-0.4, -0.2) is 41.5 Å². The van der Waals surface area contributed by atoms with Crippen LogP contribution >= 0.6 is 47.0 Å². The van der Waals surface area contributed by atoms with Gasteiger partial charge in [-0.1, -0.05) is 13.8 Å². The molecule has 6 heteroatoms. The van der Waals surface area contributed by atoms with Gasteiger partial charge >= 0.3 is 0 Å². The average molecular weight is 449 g/mol. The van der Waals surface area contributed by atoms with Crippen molar-refractivity contribution in [2.45, 2.75) is 76.3 Å². The highest BCUT2D eigenvalue weighted by molar-refractivity contribution is 8.22. The van der Waals surface area contributed by atoms with Crippen LogP contribution in [0.2, 0.25) is 19.6 Å². The molecule has 3 aliphatic rings. The summed E-state index contributed by atoms with van der Waals surface area (Å²) in [5, 5.41) is 0. The van der Waals surface area contributed by atoms with Crippen molar-refractivity contribution in [1.82, 2.24) is 0 Å². The molecule has 26 heavy (non-hydrogen) atoms. The van der Waals surface area contributed by atoms with Gasteiger partial charge in [-0.2, -0.15) is 0 Å². The van der Waals surface area contributed by atoms with Gasteiger partial charge in [0.25, 0.3) is 0 Å². The van der Waals surface area contributed by atoms with Crippen LogP contribution in [0.5, 0.6) is 0 Å². The fourth-order valence-electron chi connectivity index (χ4n) is 4.88. The molecule has 0 N–H and O–H groups in total. The first-order chi connectivity index (χ1) is 12.1. The van der Waals surface area contributed by atoms with E-state index >= 15 is 0 Å². The largest absolute Gasteiger partial charge is 0.412 e. The van der Waals surface area contributed by atoms with Gasteiger partial charge in [0.2, 0.25) is 0 Å². The molecule has 150 valence electrons. The summed E-state index contributed by atoms with van der Waals surface area (Å²) >= 11 is 8.70. The molecule has 0 unspecified atom stereocenters. The van der Waals surface area contributed by atoms with Crippen LogP contribution in [0.1, 0.15) is 46.5 Å². The molecule has 2 aliphatic heterocycles. The van der Waals surface area contributed by atoms with Crippen LogP contribution in [0.15, 0.2) is 9.81 Å². The monoisotopic (exact) mass is 448 g/mol. The summed E-state index contributed by atoms with van der Waals surface area (Å²) < 4.78 is 9.38. The molecule has 0 spiro atoms. The molecular formula is C20H36OS4Si. The third-order valence-corrected chi connectivity index (χ3v) is 12.1. The standard InChI is InChI=1S/C20H36OS4Si/c1-19(2)13-15(17-22-9-7-10-23-17)16(18-24-11-8-12-25-18)20(3,14-19)21-26(4,5)6/h16,18H,7-14H2,1-6H3/t16-,20+/m1/s1. The molecule has 0 bridgehead atoms. The lowest BCUT2D eigenvalue weighted by atomic mass is 9.63. The summed E-state index contributed by atoms with van der Waals surface area (Å²) in [7, 11) is -1.62. The maximum atomic E-state index is 7.05. The maximum Gasteiger partial charge on any atom is 0.184 e. The number of hydrogen-bond donors (Lipinski definition) is 0. The Kier molecular flexibility index (Phi) is 7.27. The van der Waals surface area contributed by atoms with E-state index in [1.807, 2.05) is 0 Å². The number of hydrogen-bond acceptors (Lipinski definition) is 5. The third kappa shape index (κ3) is 5.47. The second-order valence-corrected chi connectivity index (χ2v) is 19.5. The van der Waals surface area contributed by atoms with Crippen molar-refractivity contribution in [2.75, 3.05) is 23.0 Å². The molecular weight excluding hydrogens is 413 g/mol. The van der Waals surface area contributed by atoms with E-state index in [2.05, 4.69) is 87.5 Å². The molecule has 1 nitrogen and oxygen atoms in total. The summed E-state index contributed by atoms with van der Waals surface area (Å²) in [5.41, 5.74) is 2.06. The Morgan fingerprint density at radius 2 is 1.50 bits per heavy atom. The van der Waals surface area contributed by atoms with E-state index in [1.54, 1.807) is 9.81 Å². The summed E-state index contributed by atoms with van der Waals surface area (Å²) in [6, 6.07) is 0. The van der Waals surface area contributed by atoms with E-state index in [0.717, 1.165) is 0 Å². The normalized spacial score (nSPS) is 34.2. The summed E-state index contributed by atoms with van der Waals surface area (Å²) in [5.74, 6) is 5.82. The lowest BCUT2D eigenvalue weighted by molar-refractivity contribution is -0.0250. The molecule has 2 heterocycles. The number of thioether (sulfide) groups is 4. The quantitative estimate of drug-likeness (QED) is 0.417. The van der Waals surface area contributed by atoms with E-state index in [1.165, 1.54) is 48.7 Å². The van der Waals surface area contributed by atoms with Gasteiger partial charge in [0.15, 0.2) is 8.32 Å². The summed E-state index contributed by atoms with van der Waals surface area (Å²) in [6.07, 6.45) is 5.18. The van der Waals surface area contributed by atoms with Gasteiger partial charge in [-0.25, -0.2) is 0 Å². The molecule has 3 rings (SSSR count). The van der Waals surface area contributed by atoms with Crippen molar-refractivity contribution in [1.29, 1.82) is 0 Å². The van der Waals surface area contributed by atoms with Gasteiger partial charge in [0.1, 0.15) is 0 Å². The van der Waals surface area contributed by atoms with Crippen molar-refractivity contribution < 1.29 is 4.43 Å². The zero-order chi connectivity index (χ0) is 19.0. The highest BCUT2D eigenvalue weighted by Gasteiger charge is 2.52. The number of rotatable bonds is 3. The van der Waals surface area contributed by atoms with Gasteiger partial charge in [0, 0.05) is 10.2 Å². The smallest absolute Gasteiger partial charge is 0.184 e. The van der Waals surface area contributed by atoms with Crippen molar-refractivity contribution in [3.8, 4) is 0 Å². The minimum atomic E-state index is -1.62. The van der Waals surface area contributed by atoms with Crippen LogP contribution < -0.4 is 0 Å². The zero-order valence-electron chi connectivity index (χ0n) is 17.4. The SMILES string of the molecule is CC1(C)CC(=C2SCCCS2)[C@H](C2SCCCS2)[C@@](C)(O[Si](C)(C)C)C1. The van der Waals surface area contributed by atoms with Gasteiger partial charge in [-0.15, -0.1) is 47.0 Å². The fourth-order valence-corrected chi connectivity index (χ4v) is 12.7. The molecule has 0 amide bonds. The van der Waals surface area contributed by atoms with Gasteiger partial charge < -0.3 is 4.43 Å². The zero-order valence-corrected chi connectivity index (χ0v) is 21.6. The van der Waals surface area contributed by atoms with Crippen molar-refractivity contribution in [3.63, 3.8) is 0 Å². The Morgan fingerprint density at radius 1 is 0.923 bits per heavy atom. The average Bonchev–Trinajstić information content (AvgIpc) is 2.52. The highest BCUT2D eigenvalue weighted by Crippen LogP contribution is 2.58. The minimum absolute atomic E-state index is 0.0187. The molecule has 2 saturated heterocycles. The summed E-state index contributed by atoms with van der Waals surface area (Å²) in [4.78, 5) is 0. The Hall–Kier alpha value is 1.32. The Balaban J connectivity index is 2.04. The topological polar surface area (TPSA) is 9.23 Å². The van der Waals surface area contributed by atoms with Crippen molar-refractivity contribution in [2.24, 2.45) is 11.3 Å². The second-order valence-electron chi connectivity index (χ2n) is 9.85. The Bertz CT molecular complexity index is 524. The van der Waals surface area contributed by atoms with Gasteiger partial charge in [0.05, 0.1) is 10.2 Å². The van der Waals surface area contributed by atoms with Crippen LogP contribution in [0, 0.1) is 11.3 Å². The minimum Gasteiger partial charge on any atom is -0.412 e. The molecule has 3 fully saturated rings. The Morgan fingerprint density at radius 3 is 2.08 bits per heavy atom. The van der Waals surface area contributed by atoms with E-state index in [4.69, 9.17) is 4.43 Å². The van der Waals surface area contributed by atoms with Gasteiger partial charge in [-0.3, -0.25) is 0 Å². The van der Waals surface area contributed by atoms with E-state index < -0.39 is 8.32 Å². The first-order valence-corrected chi connectivity index (χ1v) is 17.5. The highest BCUT2D eigenvalue weighted by atomic mass is 32.2. The fraction of sp³-hybridized carbons (Fsp3) is 0.900. The van der Waals surface area contributed by atoms with Crippen LogP contribution in [0.25, 0.3) is 0 Å². The van der Waals surface area contributed by atoms with Gasteiger partial charge in [-0.05, 0) is 86.2 Å². The van der Waals surface area contributed by atoms with E-state index in [0.29, 0.717) is 15.9 Å². The summed E-state index contributed by atoms with van der Waals surface area (Å²) in [6.45, 7) is 14.5. The molecule has 2 atom stereocenters. The van der Waals surface area contributed by atoms with Crippen LogP contribution in [0.3, 0.4) is 0 Å². The maximum absolute atomic E-state index is 7.05. The predicted molar refractivity (Wildman–Crippen MR) is 129 cm³/mol. The van der Waals surface area contributed by atoms with Crippen LogP contribution in [0.4, 0.5) is 0 Å². The van der Waals surface area contributed by atoms with Crippen molar-refractivity contribution >= 4 is 55.4 Å². The predicted octanol–water partition coefficient (Wildman–Crippen LogP) is 7.31.